The van der Waals surface area contributed by atoms with Gasteiger partial charge in [0.2, 0.25) is 5.91 Å². The summed E-state index contributed by atoms with van der Waals surface area (Å²) in [5, 5.41) is 7.04. The van der Waals surface area contributed by atoms with Crippen LogP contribution in [0.5, 0.6) is 0 Å². The zero-order chi connectivity index (χ0) is 20.0. The summed E-state index contributed by atoms with van der Waals surface area (Å²) in [6.07, 6.45) is 0. The standard InChI is InChI=1S/C19H25FN4O3/c1-5-23(11-13(2)19(26)27-4)12-18(25)21-17-10-14(3)22-24(17)16-9-7-6-8-15(16)20/h6-10,13H,5,11-12H2,1-4H3,(H,21,25). The van der Waals surface area contributed by atoms with Gasteiger partial charge in [0.05, 0.1) is 25.3 Å². The smallest absolute Gasteiger partial charge is 0.309 e. The number of nitrogens with one attached hydrogen (secondary N) is 1. The minimum Gasteiger partial charge on any atom is -0.469 e. The summed E-state index contributed by atoms with van der Waals surface area (Å²) < 4.78 is 20.2. The highest BCUT2D eigenvalue weighted by molar-refractivity contribution is 5.91. The molecular weight excluding hydrogens is 351 g/mol. The third-order valence-corrected chi connectivity index (χ3v) is 4.13. The van der Waals surface area contributed by atoms with E-state index in [1.165, 1.54) is 17.9 Å². The third-order valence-electron chi connectivity index (χ3n) is 4.13. The minimum absolute atomic E-state index is 0.0966. The number of nitrogens with zero attached hydrogens (tertiary/aromatic N) is 3. The van der Waals surface area contributed by atoms with Crippen LogP contribution in [0.4, 0.5) is 10.2 Å². The molecule has 2 aromatic rings. The Balaban J connectivity index is 2.10. The number of benzene rings is 1. The van der Waals surface area contributed by atoms with E-state index in [2.05, 4.69) is 10.4 Å². The lowest BCUT2D eigenvalue weighted by atomic mass is 10.1. The van der Waals surface area contributed by atoms with E-state index in [4.69, 9.17) is 4.74 Å². The van der Waals surface area contributed by atoms with Crippen molar-refractivity contribution < 1.29 is 18.7 Å². The Morgan fingerprint density at radius 3 is 2.70 bits per heavy atom. The number of hydrogen-bond donors (Lipinski definition) is 1. The van der Waals surface area contributed by atoms with Crippen molar-refractivity contribution in [2.75, 3.05) is 32.1 Å². The minimum atomic E-state index is -0.432. The summed E-state index contributed by atoms with van der Waals surface area (Å²) in [5.41, 5.74) is 0.910. The molecule has 0 saturated carbocycles. The van der Waals surface area contributed by atoms with Gasteiger partial charge in [-0.15, -0.1) is 0 Å². The number of aromatic nitrogens is 2. The molecule has 0 aliphatic heterocycles. The van der Waals surface area contributed by atoms with E-state index < -0.39 is 5.82 Å². The van der Waals surface area contributed by atoms with Gasteiger partial charge in [-0.1, -0.05) is 26.0 Å². The molecule has 8 heteroatoms. The number of halogens is 1. The second-order valence-corrected chi connectivity index (χ2v) is 6.33. The number of aryl methyl sites for hydroxylation is 1. The first-order chi connectivity index (χ1) is 12.8. The molecular formula is C19H25FN4O3. The lowest BCUT2D eigenvalue weighted by molar-refractivity contribution is -0.145. The maximum Gasteiger partial charge on any atom is 0.309 e. The molecule has 1 aromatic carbocycles. The van der Waals surface area contributed by atoms with Crippen LogP contribution in [0.2, 0.25) is 0 Å². The van der Waals surface area contributed by atoms with Crippen molar-refractivity contribution in [1.29, 1.82) is 0 Å². The Labute approximate surface area is 158 Å². The first-order valence-corrected chi connectivity index (χ1v) is 8.77. The molecule has 0 bridgehead atoms. The SMILES string of the molecule is CCN(CC(=O)Nc1cc(C)nn1-c1ccccc1F)CC(C)C(=O)OC. The second kappa shape index (κ2) is 9.27. The van der Waals surface area contributed by atoms with Crippen molar-refractivity contribution >= 4 is 17.7 Å². The number of anilines is 1. The highest BCUT2D eigenvalue weighted by Gasteiger charge is 2.20. The number of carbonyl (C=O) groups is 2. The number of methoxy groups -OCH3 is 1. The van der Waals surface area contributed by atoms with Gasteiger partial charge in [-0.3, -0.25) is 14.5 Å². The van der Waals surface area contributed by atoms with Crippen LogP contribution in [0.1, 0.15) is 19.5 Å². The van der Waals surface area contributed by atoms with E-state index in [0.717, 1.165) is 0 Å². The van der Waals surface area contributed by atoms with E-state index in [9.17, 15) is 14.0 Å². The number of likely N-dealkylation sites (N-methyl/N-ethyl adjacent to an activating group) is 1. The molecule has 0 radical (unpaired) electrons. The zero-order valence-corrected chi connectivity index (χ0v) is 16.0. The molecule has 0 aliphatic rings. The van der Waals surface area contributed by atoms with Gasteiger partial charge in [0, 0.05) is 12.6 Å². The fourth-order valence-corrected chi connectivity index (χ4v) is 2.75. The third kappa shape index (κ3) is 5.37. The van der Waals surface area contributed by atoms with Gasteiger partial charge in [-0.2, -0.15) is 5.10 Å². The van der Waals surface area contributed by atoms with Crippen LogP contribution >= 0.6 is 0 Å². The maximum absolute atomic E-state index is 14.1. The summed E-state index contributed by atoms with van der Waals surface area (Å²) >= 11 is 0. The Morgan fingerprint density at radius 2 is 2.07 bits per heavy atom. The van der Waals surface area contributed by atoms with Crippen molar-refractivity contribution in [2.45, 2.75) is 20.8 Å². The average Bonchev–Trinajstić information content (AvgIpc) is 3.00. The highest BCUT2D eigenvalue weighted by atomic mass is 19.1. The lowest BCUT2D eigenvalue weighted by Gasteiger charge is -2.22. The van der Waals surface area contributed by atoms with Crippen molar-refractivity contribution in [3.63, 3.8) is 0 Å². The van der Waals surface area contributed by atoms with Crippen molar-refractivity contribution in [3.05, 3.63) is 41.8 Å². The summed E-state index contributed by atoms with van der Waals surface area (Å²) in [6.45, 7) is 6.53. The number of carbonyl (C=O) groups excluding carboxylic acids is 2. The largest absolute Gasteiger partial charge is 0.469 e. The Kier molecular flexibility index (Phi) is 7.06. The number of ether oxygens (including phenoxy) is 1. The van der Waals surface area contributed by atoms with Gasteiger partial charge in [-0.05, 0) is 25.6 Å². The van der Waals surface area contributed by atoms with Gasteiger partial charge >= 0.3 is 5.97 Å². The molecule has 146 valence electrons. The van der Waals surface area contributed by atoms with E-state index in [-0.39, 0.29) is 30.0 Å². The molecule has 7 nitrogen and oxygen atoms in total. The molecule has 2 rings (SSSR count). The number of hydrogen-bond acceptors (Lipinski definition) is 5. The lowest BCUT2D eigenvalue weighted by Crippen LogP contribution is -2.38. The number of esters is 1. The summed E-state index contributed by atoms with van der Waals surface area (Å²) in [7, 11) is 1.34. The van der Waals surface area contributed by atoms with Crippen LogP contribution in [0.15, 0.2) is 30.3 Å². The monoisotopic (exact) mass is 376 g/mol. The van der Waals surface area contributed by atoms with Crippen LogP contribution in [-0.4, -0.2) is 53.3 Å². The van der Waals surface area contributed by atoms with Crippen LogP contribution in [0, 0.1) is 18.7 Å². The Bertz CT molecular complexity index is 806. The Hall–Kier alpha value is -2.74. The molecule has 1 unspecified atom stereocenters. The molecule has 1 N–H and O–H groups in total. The van der Waals surface area contributed by atoms with Crippen molar-refractivity contribution in [3.8, 4) is 5.69 Å². The van der Waals surface area contributed by atoms with Crippen LogP contribution in [-0.2, 0) is 14.3 Å². The summed E-state index contributed by atoms with van der Waals surface area (Å²) in [6, 6.07) is 7.90. The van der Waals surface area contributed by atoms with Crippen molar-refractivity contribution in [2.24, 2.45) is 5.92 Å². The molecule has 0 spiro atoms. The van der Waals surface area contributed by atoms with Gasteiger partial charge < -0.3 is 10.1 Å². The fourth-order valence-electron chi connectivity index (χ4n) is 2.75. The maximum atomic E-state index is 14.1. The molecule has 1 atom stereocenters. The van der Waals surface area contributed by atoms with E-state index in [1.54, 1.807) is 38.1 Å². The predicted molar refractivity (Wildman–Crippen MR) is 100 cm³/mol. The van der Waals surface area contributed by atoms with E-state index in [1.807, 2.05) is 11.8 Å². The quantitative estimate of drug-likeness (QED) is 0.716. The normalized spacial score (nSPS) is 12.1. The van der Waals surface area contributed by atoms with Crippen LogP contribution < -0.4 is 5.32 Å². The molecule has 0 fully saturated rings. The average molecular weight is 376 g/mol. The van der Waals surface area contributed by atoms with Gasteiger partial charge in [-0.25, -0.2) is 9.07 Å². The summed E-state index contributed by atoms with van der Waals surface area (Å²) in [4.78, 5) is 25.9. The molecule has 1 aromatic heterocycles. The number of amides is 1. The molecule has 0 aliphatic carbocycles. The Morgan fingerprint density at radius 1 is 1.37 bits per heavy atom. The molecule has 1 amide bonds. The van der Waals surface area contributed by atoms with Gasteiger partial charge in [0.15, 0.2) is 0 Å². The topological polar surface area (TPSA) is 76.5 Å². The van der Waals surface area contributed by atoms with Crippen LogP contribution in [0.3, 0.4) is 0 Å². The predicted octanol–water partition coefficient (Wildman–Crippen LogP) is 2.39. The first kappa shape index (κ1) is 20.6. The van der Waals surface area contributed by atoms with E-state index >= 15 is 0 Å². The van der Waals surface area contributed by atoms with E-state index in [0.29, 0.717) is 24.6 Å². The first-order valence-electron chi connectivity index (χ1n) is 8.77. The number of para-hydroxylation sites is 1. The molecule has 1 heterocycles. The van der Waals surface area contributed by atoms with Crippen molar-refractivity contribution in [1.82, 2.24) is 14.7 Å². The fraction of sp³-hybridized carbons (Fsp3) is 0.421. The molecule has 0 saturated heterocycles. The highest BCUT2D eigenvalue weighted by Crippen LogP contribution is 2.19. The summed E-state index contributed by atoms with van der Waals surface area (Å²) in [5.74, 6) is -0.972. The molecule has 27 heavy (non-hydrogen) atoms. The van der Waals surface area contributed by atoms with Gasteiger partial charge in [0.1, 0.15) is 17.3 Å². The number of rotatable bonds is 8. The van der Waals surface area contributed by atoms with Gasteiger partial charge in [0.25, 0.3) is 0 Å². The van der Waals surface area contributed by atoms with Crippen LogP contribution in [0.25, 0.3) is 5.69 Å². The zero-order valence-electron chi connectivity index (χ0n) is 16.0. The second-order valence-electron chi connectivity index (χ2n) is 6.33.